The minimum atomic E-state index is -0.266. The number of carbonyl (C=O) groups is 2. The molecule has 2 heterocycles. The zero-order valence-corrected chi connectivity index (χ0v) is 18.7. The van der Waals surface area contributed by atoms with Gasteiger partial charge in [0.2, 0.25) is 11.8 Å². The van der Waals surface area contributed by atoms with Gasteiger partial charge in [-0.3, -0.25) is 9.59 Å². The zero-order valence-electron chi connectivity index (χ0n) is 17.1. The van der Waals surface area contributed by atoms with Crippen LogP contribution < -0.4 is 11.1 Å². The maximum atomic E-state index is 12.9. The summed E-state index contributed by atoms with van der Waals surface area (Å²) in [5.41, 5.74) is 11.4. The van der Waals surface area contributed by atoms with Gasteiger partial charge in [-0.15, -0.1) is 22.7 Å². The van der Waals surface area contributed by atoms with Crippen LogP contribution in [0.5, 0.6) is 0 Å². The van der Waals surface area contributed by atoms with Crippen LogP contribution in [0, 0.1) is 0 Å². The fourth-order valence-electron chi connectivity index (χ4n) is 3.15. The van der Waals surface area contributed by atoms with Crippen molar-refractivity contribution >= 4 is 45.3 Å². The van der Waals surface area contributed by atoms with E-state index >= 15 is 0 Å². The first-order valence-corrected chi connectivity index (χ1v) is 11.7. The Balaban J connectivity index is 1.42. The van der Waals surface area contributed by atoms with Crippen molar-refractivity contribution < 1.29 is 9.59 Å². The molecule has 0 unspecified atom stereocenters. The Bertz CT molecular complexity index is 1170. The summed E-state index contributed by atoms with van der Waals surface area (Å²) >= 11 is 2.82. The second-order valence-corrected chi connectivity index (χ2v) is 8.70. The summed E-state index contributed by atoms with van der Waals surface area (Å²) < 4.78 is 0. The van der Waals surface area contributed by atoms with Crippen molar-refractivity contribution in [3.8, 4) is 11.3 Å². The van der Waals surface area contributed by atoms with Crippen molar-refractivity contribution in [2.45, 2.75) is 13.0 Å². The van der Waals surface area contributed by atoms with E-state index in [0.29, 0.717) is 23.1 Å². The maximum absolute atomic E-state index is 12.9. The smallest absolute Gasteiger partial charge is 0.244 e. The van der Waals surface area contributed by atoms with Gasteiger partial charge < -0.3 is 16.0 Å². The second-order valence-electron chi connectivity index (χ2n) is 7.09. The predicted octanol–water partition coefficient (Wildman–Crippen LogP) is 4.06. The molecular formula is C23H21N5O2S2. The van der Waals surface area contributed by atoms with Crippen LogP contribution in [0.1, 0.15) is 11.3 Å². The van der Waals surface area contributed by atoms with Crippen LogP contribution >= 0.6 is 22.7 Å². The third kappa shape index (κ3) is 5.77. The Labute approximate surface area is 193 Å². The topological polar surface area (TPSA) is 101 Å². The molecule has 4 aromatic rings. The molecule has 2 amide bonds. The van der Waals surface area contributed by atoms with Crippen LogP contribution in [-0.2, 0) is 22.6 Å². The molecule has 0 aliphatic carbocycles. The van der Waals surface area contributed by atoms with Gasteiger partial charge in [0.15, 0.2) is 5.13 Å². The van der Waals surface area contributed by atoms with Gasteiger partial charge in [-0.1, -0.05) is 42.5 Å². The summed E-state index contributed by atoms with van der Waals surface area (Å²) in [6, 6.07) is 17.0. The SMILES string of the molecule is Nc1nc(-c2ccc(NC(=O)CN(Cc3ccccc3)C(=O)Cc3cscn3)cc2)cs1. The van der Waals surface area contributed by atoms with Crippen molar-refractivity contribution in [1.82, 2.24) is 14.9 Å². The molecule has 0 saturated carbocycles. The molecule has 162 valence electrons. The Morgan fingerprint density at radius 2 is 1.81 bits per heavy atom. The van der Waals surface area contributed by atoms with Crippen molar-refractivity contribution in [1.29, 1.82) is 0 Å². The van der Waals surface area contributed by atoms with Gasteiger partial charge in [0.1, 0.15) is 6.54 Å². The largest absolute Gasteiger partial charge is 0.375 e. The molecule has 2 aromatic heterocycles. The number of nitrogen functional groups attached to an aromatic ring is 1. The Morgan fingerprint density at radius 3 is 2.47 bits per heavy atom. The molecule has 2 aromatic carbocycles. The number of hydrogen-bond acceptors (Lipinski definition) is 7. The molecule has 0 bridgehead atoms. The summed E-state index contributed by atoms with van der Waals surface area (Å²) in [6.07, 6.45) is 0.162. The quantitative estimate of drug-likeness (QED) is 0.410. The lowest BCUT2D eigenvalue weighted by molar-refractivity contribution is -0.134. The molecule has 32 heavy (non-hydrogen) atoms. The van der Waals surface area contributed by atoms with Crippen molar-refractivity contribution in [3.05, 3.63) is 82.1 Å². The number of benzene rings is 2. The molecule has 0 aliphatic rings. The predicted molar refractivity (Wildman–Crippen MR) is 128 cm³/mol. The van der Waals surface area contributed by atoms with E-state index in [9.17, 15) is 9.59 Å². The van der Waals surface area contributed by atoms with E-state index < -0.39 is 0 Å². The molecule has 9 heteroatoms. The average Bonchev–Trinajstić information content (AvgIpc) is 3.46. The molecular weight excluding hydrogens is 442 g/mol. The van der Waals surface area contributed by atoms with Gasteiger partial charge in [-0.25, -0.2) is 9.97 Å². The summed E-state index contributed by atoms with van der Waals surface area (Å²) in [4.78, 5) is 35.6. The minimum Gasteiger partial charge on any atom is -0.375 e. The van der Waals surface area contributed by atoms with Crippen LogP contribution in [0.2, 0.25) is 0 Å². The summed E-state index contributed by atoms with van der Waals surface area (Å²) in [5, 5.41) is 7.11. The molecule has 0 fully saturated rings. The van der Waals surface area contributed by atoms with Crippen LogP contribution in [0.25, 0.3) is 11.3 Å². The van der Waals surface area contributed by atoms with Crippen molar-refractivity contribution in [2.75, 3.05) is 17.6 Å². The van der Waals surface area contributed by atoms with E-state index in [1.807, 2.05) is 53.2 Å². The fourth-order valence-corrected chi connectivity index (χ4v) is 4.28. The molecule has 0 aliphatic heterocycles. The van der Waals surface area contributed by atoms with Gasteiger partial charge >= 0.3 is 0 Å². The number of carbonyl (C=O) groups excluding carboxylic acids is 2. The van der Waals surface area contributed by atoms with E-state index in [0.717, 1.165) is 16.8 Å². The monoisotopic (exact) mass is 463 g/mol. The van der Waals surface area contributed by atoms with Gasteiger partial charge in [0, 0.05) is 28.6 Å². The normalized spacial score (nSPS) is 10.6. The molecule has 0 atom stereocenters. The number of nitrogens with zero attached hydrogens (tertiary/aromatic N) is 3. The number of thiazole rings is 2. The minimum absolute atomic E-state index is 0.0533. The van der Waals surface area contributed by atoms with Crippen molar-refractivity contribution in [2.24, 2.45) is 0 Å². The number of rotatable bonds is 8. The highest BCUT2D eigenvalue weighted by Gasteiger charge is 2.19. The lowest BCUT2D eigenvalue weighted by atomic mass is 10.1. The Morgan fingerprint density at radius 1 is 1.03 bits per heavy atom. The molecule has 0 radical (unpaired) electrons. The second kappa shape index (κ2) is 10.2. The lowest BCUT2D eigenvalue weighted by Crippen LogP contribution is -2.38. The van der Waals surface area contributed by atoms with E-state index in [1.165, 1.54) is 22.7 Å². The molecule has 3 N–H and O–H groups in total. The Hall–Kier alpha value is -3.56. The van der Waals surface area contributed by atoms with E-state index in [-0.39, 0.29) is 24.8 Å². The summed E-state index contributed by atoms with van der Waals surface area (Å²) in [7, 11) is 0. The standard InChI is InChI=1S/C23H21N5O2S2/c24-23-27-20(14-32-23)17-6-8-18(9-7-17)26-21(29)12-28(11-16-4-2-1-3-5-16)22(30)10-19-13-31-15-25-19/h1-9,13-15H,10-12H2,(H2,24,27)(H,26,29). The molecule has 0 spiro atoms. The van der Waals surface area contributed by atoms with E-state index in [2.05, 4.69) is 15.3 Å². The first-order chi connectivity index (χ1) is 15.6. The molecule has 7 nitrogen and oxygen atoms in total. The first-order valence-electron chi connectivity index (χ1n) is 9.87. The van der Waals surface area contributed by atoms with Crippen LogP contribution in [0.4, 0.5) is 10.8 Å². The number of anilines is 2. The number of nitrogens with two attached hydrogens (primary N) is 1. The fraction of sp³-hybridized carbons (Fsp3) is 0.130. The van der Waals surface area contributed by atoms with Gasteiger partial charge in [-0.05, 0) is 17.7 Å². The average molecular weight is 464 g/mol. The van der Waals surface area contributed by atoms with E-state index in [4.69, 9.17) is 5.73 Å². The summed E-state index contributed by atoms with van der Waals surface area (Å²) in [6.45, 7) is 0.295. The number of nitrogens with one attached hydrogen (secondary N) is 1. The van der Waals surface area contributed by atoms with E-state index in [1.54, 1.807) is 22.5 Å². The number of amides is 2. The highest BCUT2D eigenvalue weighted by atomic mass is 32.1. The molecule has 0 saturated heterocycles. The first kappa shape index (κ1) is 21.7. The van der Waals surface area contributed by atoms with Crippen molar-refractivity contribution in [3.63, 3.8) is 0 Å². The zero-order chi connectivity index (χ0) is 22.3. The highest BCUT2D eigenvalue weighted by molar-refractivity contribution is 7.13. The third-order valence-electron chi connectivity index (χ3n) is 4.71. The van der Waals surface area contributed by atoms with Crippen LogP contribution in [0.3, 0.4) is 0 Å². The maximum Gasteiger partial charge on any atom is 0.244 e. The Kier molecular flexibility index (Phi) is 6.88. The van der Waals surface area contributed by atoms with Crippen LogP contribution in [0.15, 0.2) is 70.9 Å². The summed E-state index contributed by atoms with van der Waals surface area (Å²) in [5.74, 6) is -0.412. The van der Waals surface area contributed by atoms with Crippen LogP contribution in [-0.4, -0.2) is 33.2 Å². The lowest BCUT2D eigenvalue weighted by Gasteiger charge is -2.22. The van der Waals surface area contributed by atoms with Gasteiger partial charge in [0.25, 0.3) is 0 Å². The highest BCUT2D eigenvalue weighted by Crippen LogP contribution is 2.24. The third-order valence-corrected chi connectivity index (χ3v) is 6.01. The molecule has 4 rings (SSSR count). The van der Waals surface area contributed by atoms with Gasteiger partial charge in [0.05, 0.1) is 23.3 Å². The van der Waals surface area contributed by atoms with Gasteiger partial charge in [-0.2, -0.15) is 0 Å². The number of aromatic nitrogens is 2. The number of hydrogen-bond donors (Lipinski definition) is 2.